The molecule has 3 unspecified atom stereocenters. The highest BCUT2D eigenvalue weighted by Crippen LogP contribution is 2.41. The van der Waals surface area contributed by atoms with Gasteiger partial charge in [0, 0.05) is 6.54 Å². The van der Waals surface area contributed by atoms with Crippen LogP contribution in [0.15, 0.2) is 0 Å². The van der Waals surface area contributed by atoms with Crippen LogP contribution in [0.25, 0.3) is 0 Å². The van der Waals surface area contributed by atoms with E-state index in [1.165, 1.54) is 0 Å². The Hall–Kier alpha value is -0.570. The fourth-order valence-electron chi connectivity index (χ4n) is 2.95. The summed E-state index contributed by atoms with van der Waals surface area (Å²) in [5.74, 6) is 0.693. The lowest BCUT2D eigenvalue weighted by molar-refractivity contribution is -0.155. The van der Waals surface area contributed by atoms with Crippen LogP contribution >= 0.6 is 0 Å². The minimum absolute atomic E-state index is 0.0928. The van der Waals surface area contributed by atoms with E-state index in [0.29, 0.717) is 24.8 Å². The van der Waals surface area contributed by atoms with Crippen molar-refractivity contribution in [1.29, 1.82) is 0 Å². The average Bonchev–Trinajstić information content (AvgIpc) is 2.17. The first-order valence-corrected chi connectivity index (χ1v) is 6.42. The van der Waals surface area contributed by atoms with Gasteiger partial charge < -0.3 is 10.4 Å². The van der Waals surface area contributed by atoms with Gasteiger partial charge in [-0.3, -0.25) is 4.79 Å². The highest BCUT2D eigenvalue weighted by atomic mass is 16.3. The summed E-state index contributed by atoms with van der Waals surface area (Å²) in [7, 11) is 0. The topological polar surface area (TPSA) is 49.3 Å². The summed E-state index contributed by atoms with van der Waals surface area (Å²) in [5, 5.41) is 13.4. The first kappa shape index (κ1) is 13.5. The second-order valence-corrected chi connectivity index (χ2v) is 5.52. The van der Waals surface area contributed by atoms with Gasteiger partial charge in [-0.25, -0.2) is 0 Å². The maximum absolute atomic E-state index is 12.0. The molecule has 0 aromatic rings. The number of carbonyl (C=O) groups is 1. The molecule has 3 nitrogen and oxygen atoms in total. The number of likely N-dealkylation sites (N-methyl/N-ethyl adjacent to an activating group) is 1. The van der Waals surface area contributed by atoms with Gasteiger partial charge in [-0.1, -0.05) is 27.2 Å². The van der Waals surface area contributed by atoms with Crippen molar-refractivity contribution >= 4 is 5.91 Å². The van der Waals surface area contributed by atoms with Crippen LogP contribution in [0.4, 0.5) is 0 Å². The predicted molar refractivity (Wildman–Crippen MR) is 65.0 cm³/mol. The molecule has 2 N–H and O–H groups in total. The van der Waals surface area contributed by atoms with E-state index in [9.17, 15) is 9.90 Å². The standard InChI is InChI=1S/C13H25NO2/c1-5-14-12(15)13(16)8-10(4)6-7-11(13)9(2)3/h9-11,16H,5-8H2,1-4H3,(H,14,15). The van der Waals surface area contributed by atoms with E-state index in [4.69, 9.17) is 0 Å². The van der Waals surface area contributed by atoms with Crippen LogP contribution in [-0.2, 0) is 4.79 Å². The zero-order valence-corrected chi connectivity index (χ0v) is 10.9. The van der Waals surface area contributed by atoms with Gasteiger partial charge in [0.15, 0.2) is 0 Å². The molecule has 16 heavy (non-hydrogen) atoms. The molecule has 1 aliphatic carbocycles. The Bertz CT molecular complexity index is 252. The Morgan fingerprint density at radius 3 is 2.62 bits per heavy atom. The summed E-state index contributed by atoms with van der Waals surface area (Å²) in [4.78, 5) is 12.0. The van der Waals surface area contributed by atoms with Crippen LogP contribution in [0.5, 0.6) is 0 Å². The van der Waals surface area contributed by atoms with Gasteiger partial charge in [-0.2, -0.15) is 0 Å². The van der Waals surface area contributed by atoms with E-state index < -0.39 is 5.60 Å². The lowest BCUT2D eigenvalue weighted by Crippen LogP contribution is -2.56. The molecule has 0 aliphatic heterocycles. The van der Waals surface area contributed by atoms with Gasteiger partial charge in [0.25, 0.3) is 5.91 Å². The maximum Gasteiger partial charge on any atom is 0.252 e. The summed E-state index contributed by atoms with van der Waals surface area (Å²) in [6, 6.07) is 0. The van der Waals surface area contributed by atoms with Gasteiger partial charge in [-0.05, 0) is 37.5 Å². The molecular weight excluding hydrogens is 202 g/mol. The zero-order chi connectivity index (χ0) is 12.3. The molecule has 94 valence electrons. The number of hydrogen-bond donors (Lipinski definition) is 2. The van der Waals surface area contributed by atoms with Gasteiger partial charge in [0.1, 0.15) is 5.60 Å². The Kier molecular flexibility index (Phi) is 4.36. The molecule has 1 rings (SSSR count). The molecular formula is C13H25NO2. The second-order valence-electron chi connectivity index (χ2n) is 5.52. The molecule has 1 amide bonds. The Morgan fingerprint density at radius 1 is 1.50 bits per heavy atom. The third-order valence-corrected chi connectivity index (χ3v) is 3.78. The van der Waals surface area contributed by atoms with Crippen LogP contribution in [0, 0.1) is 17.8 Å². The molecule has 0 radical (unpaired) electrons. The van der Waals surface area contributed by atoms with E-state index in [0.717, 1.165) is 12.8 Å². The SMILES string of the molecule is CCNC(=O)C1(O)CC(C)CCC1C(C)C. The number of carbonyl (C=O) groups excluding carboxylic acids is 1. The largest absolute Gasteiger partial charge is 0.380 e. The van der Waals surface area contributed by atoms with E-state index in [1.807, 2.05) is 6.92 Å². The molecule has 3 atom stereocenters. The normalized spacial score (nSPS) is 35.1. The van der Waals surface area contributed by atoms with Gasteiger partial charge in [0.2, 0.25) is 0 Å². The van der Waals surface area contributed by atoms with E-state index in [-0.39, 0.29) is 11.8 Å². The van der Waals surface area contributed by atoms with Crippen molar-refractivity contribution in [1.82, 2.24) is 5.32 Å². The molecule has 1 fully saturated rings. The lowest BCUT2D eigenvalue weighted by atomic mass is 9.66. The second kappa shape index (κ2) is 5.17. The summed E-state index contributed by atoms with van der Waals surface area (Å²) < 4.78 is 0. The minimum atomic E-state index is -1.15. The number of hydrogen-bond acceptors (Lipinski definition) is 2. The Labute approximate surface area is 98.6 Å². The zero-order valence-electron chi connectivity index (χ0n) is 10.9. The number of amides is 1. The molecule has 0 aromatic heterocycles. The maximum atomic E-state index is 12.0. The molecule has 0 spiro atoms. The fraction of sp³-hybridized carbons (Fsp3) is 0.923. The smallest absolute Gasteiger partial charge is 0.252 e. The number of nitrogens with one attached hydrogen (secondary N) is 1. The number of rotatable bonds is 3. The van der Waals surface area contributed by atoms with Crippen LogP contribution in [0.1, 0.15) is 47.0 Å². The third-order valence-electron chi connectivity index (χ3n) is 3.78. The first-order valence-electron chi connectivity index (χ1n) is 6.42. The molecule has 0 saturated heterocycles. The fourth-order valence-corrected chi connectivity index (χ4v) is 2.95. The highest BCUT2D eigenvalue weighted by Gasteiger charge is 2.48. The van der Waals surface area contributed by atoms with Crippen molar-refractivity contribution in [3.05, 3.63) is 0 Å². The van der Waals surface area contributed by atoms with Crippen molar-refractivity contribution in [2.45, 2.75) is 52.6 Å². The summed E-state index contributed by atoms with van der Waals surface area (Å²) >= 11 is 0. The first-order chi connectivity index (χ1) is 7.41. The van der Waals surface area contributed by atoms with Crippen LogP contribution < -0.4 is 5.32 Å². The van der Waals surface area contributed by atoms with E-state index in [2.05, 4.69) is 26.1 Å². The summed E-state index contributed by atoms with van der Waals surface area (Å²) in [6.45, 7) is 8.76. The van der Waals surface area contributed by atoms with Crippen molar-refractivity contribution in [2.24, 2.45) is 17.8 Å². The van der Waals surface area contributed by atoms with Crippen LogP contribution in [0.3, 0.4) is 0 Å². The van der Waals surface area contributed by atoms with Crippen LogP contribution in [0.2, 0.25) is 0 Å². The van der Waals surface area contributed by atoms with E-state index >= 15 is 0 Å². The monoisotopic (exact) mass is 227 g/mol. The predicted octanol–water partition coefficient (Wildman–Crippen LogP) is 1.95. The molecule has 1 aliphatic rings. The third kappa shape index (κ3) is 2.57. The summed E-state index contributed by atoms with van der Waals surface area (Å²) in [6.07, 6.45) is 2.67. The van der Waals surface area contributed by atoms with Crippen molar-refractivity contribution < 1.29 is 9.90 Å². The lowest BCUT2D eigenvalue weighted by Gasteiger charge is -2.43. The van der Waals surface area contributed by atoms with Crippen molar-refractivity contribution in [3.63, 3.8) is 0 Å². The molecule has 0 aromatic carbocycles. The molecule has 0 bridgehead atoms. The van der Waals surface area contributed by atoms with Gasteiger partial charge in [0.05, 0.1) is 0 Å². The Balaban J connectivity index is 2.87. The Morgan fingerprint density at radius 2 is 2.12 bits per heavy atom. The molecule has 0 heterocycles. The molecule has 3 heteroatoms. The average molecular weight is 227 g/mol. The quantitative estimate of drug-likeness (QED) is 0.774. The van der Waals surface area contributed by atoms with Crippen molar-refractivity contribution in [3.8, 4) is 0 Å². The number of aliphatic hydroxyl groups is 1. The van der Waals surface area contributed by atoms with E-state index in [1.54, 1.807) is 0 Å². The van der Waals surface area contributed by atoms with Crippen molar-refractivity contribution in [2.75, 3.05) is 6.54 Å². The highest BCUT2D eigenvalue weighted by molar-refractivity contribution is 5.85. The van der Waals surface area contributed by atoms with Gasteiger partial charge >= 0.3 is 0 Å². The van der Waals surface area contributed by atoms with Gasteiger partial charge in [-0.15, -0.1) is 0 Å². The molecule has 1 saturated carbocycles. The summed E-state index contributed by atoms with van der Waals surface area (Å²) in [5.41, 5.74) is -1.15. The minimum Gasteiger partial charge on any atom is -0.380 e. The van der Waals surface area contributed by atoms with Crippen LogP contribution in [-0.4, -0.2) is 23.2 Å².